The van der Waals surface area contributed by atoms with Crippen LogP contribution in [0.2, 0.25) is 0 Å². The van der Waals surface area contributed by atoms with E-state index in [1.54, 1.807) is 0 Å². The fourth-order valence-corrected chi connectivity index (χ4v) is 1.43. The molecule has 0 atom stereocenters. The second kappa shape index (κ2) is 5.67. The van der Waals surface area contributed by atoms with Crippen molar-refractivity contribution in [3.05, 3.63) is 64.2 Å². The molecular formula is C13H11NO4. The van der Waals surface area contributed by atoms with Crippen LogP contribution in [-0.2, 0) is 6.61 Å². The molecule has 0 radical (unpaired) electrons. The number of oxime groups is 1. The van der Waals surface area contributed by atoms with Crippen LogP contribution in [0.3, 0.4) is 0 Å². The van der Waals surface area contributed by atoms with E-state index in [1.165, 1.54) is 12.3 Å². The molecule has 0 aliphatic rings. The normalized spacial score (nSPS) is 10.7. The molecule has 0 fully saturated rings. The monoisotopic (exact) mass is 245 g/mol. The maximum Gasteiger partial charge on any atom is 0.227 e. The number of ether oxygens (including phenoxy) is 1. The van der Waals surface area contributed by atoms with Crippen LogP contribution in [0, 0.1) is 0 Å². The Morgan fingerprint density at radius 3 is 2.78 bits per heavy atom. The van der Waals surface area contributed by atoms with Gasteiger partial charge in [-0.1, -0.05) is 35.5 Å². The standard InChI is InChI=1S/C13H11NO4/c15-11-6-7-17-12(8-14-16)13(11)18-9-10-4-2-1-3-5-10/h1-8,16H,9H2. The third-order valence-electron chi connectivity index (χ3n) is 2.26. The summed E-state index contributed by atoms with van der Waals surface area (Å²) in [5, 5.41) is 11.3. The number of rotatable bonds is 4. The Bertz CT molecular complexity index is 589. The minimum Gasteiger partial charge on any atom is -0.481 e. The van der Waals surface area contributed by atoms with E-state index in [4.69, 9.17) is 14.4 Å². The smallest absolute Gasteiger partial charge is 0.227 e. The fraction of sp³-hybridized carbons (Fsp3) is 0.0769. The molecule has 1 aromatic heterocycles. The Labute approximate surface area is 103 Å². The summed E-state index contributed by atoms with van der Waals surface area (Å²) >= 11 is 0. The number of nitrogens with zero attached hydrogens (tertiary/aromatic N) is 1. The molecule has 92 valence electrons. The van der Waals surface area contributed by atoms with Gasteiger partial charge in [0, 0.05) is 6.07 Å². The molecular weight excluding hydrogens is 234 g/mol. The van der Waals surface area contributed by atoms with Gasteiger partial charge in [0.15, 0.2) is 5.76 Å². The highest BCUT2D eigenvalue weighted by Gasteiger charge is 2.09. The lowest BCUT2D eigenvalue weighted by Crippen LogP contribution is -2.09. The van der Waals surface area contributed by atoms with Gasteiger partial charge in [0.2, 0.25) is 11.2 Å². The Balaban J connectivity index is 2.21. The van der Waals surface area contributed by atoms with E-state index < -0.39 is 0 Å². The lowest BCUT2D eigenvalue weighted by Gasteiger charge is -2.06. The van der Waals surface area contributed by atoms with Crippen molar-refractivity contribution in [2.45, 2.75) is 6.61 Å². The van der Waals surface area contributed by atoms with Crippen molar-refractivity contribution in [3.63, 3.8) is 0 Å². The molecule has 2 rings (SSSR count). The zero-order chi connectivity index (χ0) is 12.8. The number of hydrogen-bond acceptors (Lipinski definition) is 5. The second-order valence-corrected chi connectivity index (χ2v) is 3.50. The third-order valence-corrected chi connectivity index (χ3v) is 2.26. The van der Waals surface area contributed by atoms with Crippen LogP contribution in [0.4, 0.5) is 0 Å². The second-order valence-electron chi connectivity index (χ2n) is 3.50. The molecule has 0 saturated carbocycles. The molecule has 0 aliphatic carbocycles. The molecule has 18 heavy (non-hydrogen) atoms. The average Bonchev–Trinajstić information content (AvgIpc) is 2.40. The summed E-state index contributed by atoms with van der Waals surface area (Å²) in [4.78, 5) is 11.6. The molecule has 0 amide bonds. The zero-order valence-corrected chi connectivity index (χ0v) is 9.45. The van der Waals surface area contributed by atoms with Gasteiger partial charge >= 0.3 is 0 Å². The van der Waals surface area contributed by atoms with Crippen molar-refractivity contribution in [2.24, 2.45) is 5.16 Å². The predicted molar refractivity (Wildman–Crippen MR) is 65.1 cm³/mol. The van der Waals surface area contributed by atoms with Crippen molar-refractivity contribution < 1.29 is 14.4 Å². The summed E-state index contributed by atoms with van der Waals surface area (Å²) in [6, 6.07) is 10.7. The average molecular weight is 245 g/mol. The van der Waals surface area contributed by atoms with E-state index in [0.717, 1.165) is 11.8 Å². The topological polar surface area (TPSA) is 72.0 Å². The zero-order valence-electron chi connectivity index (χ0n) is 9.45. The largest absolute Gasteiger partial charge is 0.481 e. The molecule has 0 bridgehead atoms. The van der Waals surface area contributed by atoms with E-state index in [-0.39, 0.29) is 23.5 Å². The van der Waals surface area contributed by atoms with E-state index >= 15 is 0 Å². The highest BCUT2D eigenvalue weighted by Crippen LogP contribution is 2.12. The van der Waals surface area contributed by atoms with Crippen LogP contribution in [0.25, 0.3) is 0 Å². The molecule has 1 N–H and O–H groups in total. The first-order valence-electron chi connectivity index (χ1n) is 5.27. The van der Waals surface area contributed by atoms with Crippen LogP contribution < -0.4 is 10.2 Å². The molecule has 0 spiro atoms. The maximum absolute atomic E-state index is 11.6. The summed E-state index contributed by atoms with van der Waals surface area (Å²) < 4.78 is 10.4. The lowest BCUT2D eigenvalue weighted by molar-refractivity contribution is 0.288. The molecule has 5 nitrogen and oxygen atoms in total. The van der Waals surface area contributed by atoms with Crippen molar-refractivity contribution in [1.82, 2.24) is 0 Å². The summed E-state index contributed by atoms with van der Waals surface area (Å²) in [7, 11) is 0. The first-order valence-corrected chi connectivity index (χ1v) is 5.27. The Morgan fingerprint density at radius 1 is 1.28 bits per heavy atom. The van der Waals surface area contributed by atoms with Gasteiger partial charge in [0.1, 0.15) is 12.8 Å². The minimum absolute atomic E-state index is 0.0270. The van der Waals surface area contributed by atoms with Gasteiger partial charge in [-0.05, 0) is 5.56 Å². The van der Waals surface area contributed by atoms with Gasteiger partial charge in [-0.2, -0.15) is 0 Å². The van der Waals surface area contributed by atoms with Gasteiger partial charge in [0.05, 0.1) is 6.26 Å². The van der Waals surface area contributed by atoms with Crippen molar-refractivity contribution in [1.29, 1.82) is 0 Å². The van der Waals surface area contributed by atoms with Gasteiger partial charge < -0.3 is 14.4 Å². The lowest BCUT2D eigenvalue weighted by atomic mass is 10.2. The molecule has 5 heteroatoms. The van der Waals surface area contributed by atoms with Crippen LogP contribution in [-0.4, -0.2) is 11.4 Å². The van der Waals surface area contributed by atoms with Crippen LogP contribution in [0.15, 0.2) is 57.0 Å². The van der Waals surface area contributed by atoms with Crippen LogP contribution >= 0.6 is 0 Å². The van der Waals surface area contributed by atoms with E-state index in [9.17, 15) is 4.79 Å². The molecule has 0 aliphatic heterocycles. The summed E-state index contributed by atoms with van der Waals surface area (Å²) in [6.45, 7) is 0.238. The first kappa shape index (κ1) is 11.9. The van der Waals surface area contributed by atoms with E-state index in [1.807, 2.05) is 30.3 Å². The third kappa shape index (κ3) is 2.76. The van der Waals surface area contributed by atoms with E-state index in [2.05, 4.69) is 5.16 Å². The minimum atomic E-state index is -0.327. The first-order chi connectivity index (χ1) is 8.81. The Morgan fingerprint density at radius 2 is 2.06 bits per heavy atom. The SMILES string of the molecule is O=c1ccoc(C=NO)c1OCc1ccccc1. The van der Waals surface area contributed by atoms with Crippen molar-refractivity contribution in [3.8, 4) is 5.75 Å². The number of hydrogen-bond donors (Lipinski definition) is 1. The summed E-state index contributed by atoms with van der Waals surface area (Å²) in [5.41, 5.74) is 0.597. The quantitative estimate of drug-likeness (QED) is 0.508. The number of benzene rings is 1. The summed E-state index contributed by atoms with van der Waals surface area (Å²) in [6.07, 6.45) is 2.23. The van der Waals surface area contributed by atoms with E-state index in [0.29, 0.717) is 0 Å². The van der Waals surface area contributed by atoms with Gasteiger partial charge in [-0.25, -0.2) is 0 Å². The van der Waals surface area contributed by atoms with Gasteiger partial charge in [-0.3, -0.25) is 4.79 Å². The molecule has 1 aromatic carbocycles. The Kier molecular flexibility index (Phi) is 3.76. The Hall–Kier alpha value is -2.56. The van der Waals surface area contributed by atoms with Crippen molar-refractivity contribution in [2.75, 3.05) is 0 Å². The highest BCUT2D eigenvalue weighted by atomic mass is 16.5. The fourth-order valence-electron chi connectivity index (χ4n) is 1.43. The maximum atomic E-state index is 11.6. The van der Waals surface area contributed by atoms with Crippen LogP contribution in [0.1, 0.15) is 11.3 Å². The highest BCUT2D eigenvalue weighted by molar-refractivity contribution is 5.78. The predicted octanol–water partition coefficient (Wildman–Crippen LogP) is 2.03. The molecule has 2 aromatic rings. The van der Waals surface area contributed by atoms with Crippen LogP contribution in [0.5, 0.6) is 5.75 Å². The summed E-state index contributed by atoms with van der Waals surface area (Å²) in [5.74, 6) is 0.111. The van der Waals surface area contributed by atoms with Gasteiger partial charge in [0.25, 0.3) is 0 Å². The molecule has 0 unspecified atom stereocenters. The van der Waals surface area contributed by atoms with Gasteiger partial charge in [-0.15, -0.1) is 0 Å². The molecule has 0 saturated heterocycles. The molecule has 1 heterocycles. The van der Waals surface area contributed by atoms with Crippen molar-refractivity contribution >= 4 is 6.21 Å².